The zero-order valence-corrected chi connectivity index (χ0v) is 19.3. The fourth-order valence-electron chi connectivity index (χ4n) is 4.39. The van der Waals surface area contributed by atoms with E-state index in [1.807, 2.05) is 17.0 Å². The third-order valence-corrected chi connectivity index (χ3v) is 6.42. The molecule has 4 rings (SSSR count). The van der Waals surface area contributed by atoms with Gasteiger partial charge in [0.05, 0.1) is 30.8 Å². The summed E-state index contributed by atoms with van der Waals surface area (Å²) in [5.41, 5.74) is 1.84. The van der Waals surface area contributed by atoms with Gasteiger partial charge >= 0.3 is 5.97 Å². The Hall–Kier alpha value is -2.77. The number of hydrogen-bond acceptors (Lipinski definition) is 5. The van der Waals surface area contributed by atoms with E-state index in [0.29, 0.717) is 55.3 Å². The number of nitrogens with zero attached hydrogens (tertiary/aromatic N) is 3. The van der Waals surface area contributed by atoms with Gasteiger partial charge in [-0.05, 0) is 56.6 Å². The van der Waals surface area contributed by atoms with Crippen LogP contribution in [0.1, 0.15) is 43.4 Å². The van der Waals surface area contributed by atoms with Crippen LogP contribution in [-0.4, -0.2) is 53.7 Å². The summed E-state index contributed by atoms with van der Waals surface area (Å²) in [5, 5.41) is 6.64. The highest BCUT2D eigenvalue weighted by Crippen LogP contribution is 2.34. The van der Waals surface area contributed by atoms with E-state index >= 15 is 0 Å². The van der Waals surface area contributed by atoms with Gasteiger partial charge in [-0.25, -0.2) is 9.40 Å². The third-order valence-electron chi connectivity index (χ3n) is 6.17. The maximum atomic E-state index is 14.4. The maximum Gasteiger partial charge on any atom is 0.309 e. The Morgan fingerprint density at radius 2 is 1.82 bits per heavy atom. The summed E-state index contributed by atoms with van der Waals surface area (Å²) in [6.45, 7) is 3.64. The average Bonchev–Trinajstić information content (AvgIpc) is 3.26. The molecule has 2 heterocycles. The van der Waals surface area contributed by atoms with E-state index in [1.165, 1.54) is 11.1 Å². The monoisotopic (exact) mass is 471 g/mol. The van der Waals surface area contributed by atoms with Gasteiger partial charge in [0.2, 0.25) is 0 Å². The van der Waals surface area contributed by atoms with E-state index in [-0.39, 0.29) is 36.2 Å². The molecule has 1 saturated heterocycles. The second-order valence-corrected chi connectivity index (χ2v) is 8.78. The quantitative estimate of drug-likeness (QED) is 0.585. The van der Waals surface area contributed by atoms with E-state index in [4.69, 9.17) is 16.3 Å². The first-order valence-electron chi connectivity index (χ1n) is 11.2. The molecule has 2 aliphatic heterocycles. The lowest BCUT2D eigenvalue weighted by Crippen LogP contribution is -2.43. The molecule has 0 spiro atoms. The minimum Gasteiger partial charge on any atom is -0.466 e. The van der Waals surface area contributed by atoms with Crippen LogP contribution < -0.4 is 0 Å². The first kappa shape index (κ1) is 23.4. The first-order valence-corrected chi connectivity index (χ1v) is 11.6. The summed E-state index contributed by atoms with van der Waals surface area (Å²) in [6.07, 6.45) is 1.74. The second-order valence-electron chi connectivity index (χ2n) is 8.34. The van der Waals surface area contributed by atoms with Crippen LogP contribution in [0, 0.1) is 11.7 Å². The Morgan fingerprint density at radius 1 is 1.12 bits per heavy atom. The number of likely N-dealkylation sites (tertiary alicyclic amines) is 1. The molecular formula is C25H27ClFN3O3. The molecule has 0 aliphatic carbocycles. The Bertz CT molecular complexity index is 1040. The van der Waals surface area contributed by atoms with E-state index in [2.05, 4.69) is 5.10 Å². The fraction of sp³-hybridized carbons (Fsp3) is 0.400. The van der Waals surface area contributed by atoms with Crippen molar-refractivity contribution in [2.24, 2.45) is 11.0 Å². The fourth-order valence-corrected chi connectivity index (χ4v) is 4.52. The summed E-state index contributed by atoms with van der Waals surface area (Å²) < 4.78 is 19.6. The molecule has 1 unspecified atom stereocenters. The minimum absolute atomic E-state index is 0.115. The van der Waals surface area contributed by atoms with Gasteiger partial charge in [0, 0.05) is 17.0 Å². The zero-order chi connectivity index (χ0) is 23.4. The van der Waals surface area contributed by atoms with Crippen LogP contribution in [0.2, 0.25) is 5.02 Å². The van der Waals surface area contributed by atoms with Crippen molar-refractivity contribution in [3.8, 4) is 0 Å². The molecule has 6 nitrogen and oxygen atoms in total. The molecule has 2 aromatic rings. The number of benzene rings is 2. The summed E-state index contributed by atoms with van der Waals surface area (Å²) in [6, 6.07) is 13.4. The average molecular weight is 472 g/mol. The molecule has 2 aromatic carbocycles. The van der Waals surface area contributed by atoms with E-state index in [0.717, 1.165) is 5.56 Å². The molecule has 1 fully saturated rings. The maximum absolute atomic E-state index is 14.4. The van der Waals surface area contributed by atoms with Crippen molar-refractivity contribution >= 4 is 29.2 Å². The molecule has 0 N–H and O–H groups in total. The Labute approximate surface area is 198 Å². The van der Waals surface area contributed by atoms with Gasteiger partial charge in [0.25, 0.3) is 5.91 Å². The van der Waals surface area contributed by atoms with Gasteiger partial charge in [0.1, 0.15) is 5.82 Å². The molecule has 2 aliphatic rings. The minimum atomic E-state index is -0.360. The number of esters is 1. The molecule has 1 atom stereocenters. The van der Waals surface area contributed by atoms with E-state index < -0.39 is 0 Å². The van der Waals surface area contributed by atoms with E-state index in [9.17, 15) is 14.0 Å². The van der Waals surface area contributed by atoms with Crippen LogP contribution >= 0.6 is 11.6 Å². The van der Waals surface area contributed by atoms with Crippen LogP contribution in [0.25, 0.3) is 0 Å². The Kier molecular flexibility index (Phi) is 7.40. The molecule has 0 bridgehead atoms. The number of piperidine rings is 1. The summed E-state index contributed by atoms with van der Waals surface area (Å²) >= 11 is 6.05. The number of carbonyl (C=O) groups excluding carboxylic acids is 2. The molecule has 174 valence electrons. The molecule has 1 amide bonds. The lowest BCUT2D eigenvalue weighted by molar-refractivity contribution is -0.149. The second kappa shape index (κ2) is 10.4. The van der Waals surface area contributed by atoms with Crippen LogP contribution in [0.4, 0.5) is 4.39 Å². The van der Waals surface area contributed by atoms with Gasteiger partial charge in [-0.1, -0.05) is 41.9 Å². The lowest BCUT2D eigenvalue weighted by atomic mass is 9.97. The van der Waals surface area contributed by atoms with Gasteiger partial charge < -0.3 is 4.74 Å². The van der Waals surface area contributed by atoms with Crippen molar-refractivity contribution < 1.29 is 18.7 Å². The normalized spacial score (nSPS) is 19.4. The Morgan fingerprint density at radius 3 is 2.48 bits per heavy atom. The predicted molar refractivity (Wildman–Crippen MR) is 124 cm³/mol. The molecule has 33 heavy (non-hydrogen) atoms. The van der Waals surface area contributed by atoms with Crippen molar-refractivity contribution in [1.29, 1.82) is 0 Å². The highest BCUT2D eigenvalue weighted by atomic mass is 35.5. The molecule has 0 aromatic heterocycles. The number of hydrazone groups is 1. The summed E-state index contributed by atoms with van der Waals surface area (Å²) in [7, 11) is 0. The molecular weight excluding hydrogens is 445 g/mol. The number of halogens is 2. The van der Waals surface area contributed by atoms with Gasteiger partial charge in [-0.3, -0.25) is 14.5 Å². The van der Waals surface area contributed by atoms with E-state index in [1.54, 1.807) is 37.3 Å². The number of ether oxygens (including phenoxy) is 1. The van der Waals surface area contributed by atoms with Gasteiger partial charge in [-0.2, -0.15) is 5.10 Å². The number of carbonyl (C=O) groups is 2. The van der Waals surface area contributed by atoms with Crippen molar-refractivity contribution in [3.63, 3.8) is 0 Å². The Balaban J connectivity index is 1.49. The molecule has 0 saturated carbocycles. The van der Waals surface area contributed by atoms with Crippen molar-refractivity contribution in [2.75, 3.05) is 26.2 Å². The predicted octanol–water partition coefficient (Wildman–Crippen LogP) is 4.43. The summed E-state index contributed by atoms with van der Waals surface area (Å²) in [4.78, 5) is 27.3. The first-order chi connectivity index (χ1) is 16.0. The number of rotatable bonds is 6. The van der Waals surface area contributed by atoms with Crippen LogP contribution in [0.15, 0.2) is 53.6 Å². The van der Waals surface area contributed by atoms with Crippen molar-refractivity contribution in [2.45, 2.75) is 32.2 Å². The smallest absolute Gasteiger partial charge is 0.309 e. The lowest BCUT2D eigenvalue weighted by Gasteiger charge is -2.31. The number of amides is 1. The van der Waals surface area contributed by atoms with Gasteiger partial charge in [0.15, 0.2) is 0 Å². The largest absolute Gasteiger partial charge is 0.466 e. The van der Waals surface area contributed by atoms with Gasteiger partial charge in [-0.15, -0.1) is 0 Å². The molecule has 8 heteroatoms. The zero-order valence-electron chi connectivity index (χ0n) is 18.5. The topological polar surface area (TPSA) is 62.2 Å². The van der Waals surface area contributed by atoms with Crippen LogP contribution in [0.5, 0.6) is 0 Å². The SMILES string of the molecule is CCOC(=O)C1CCN(CC(=O)N2N=C(c3ccccc3F)CC2c2ccc(Cl)cc2)CC1. The summed E-state index contributed by atoms with van der Waals surface area (Å²) in [5.74, 6) is -0.794. The van der Waals surface area contributed by atoms with Crippen LogP contribution in [0.3, 0.4) is 0 Å². The number of hydrogen-bond donors (Lipinski definition) is 0. The van der Waals surface area contributed by atoms with Crippen molar-refractivity contribution in [3.05, 3.63) is 70.5 Å². The highest BCUT2D eigenvalue weighted by molar-refractivity contribution is 6.30. The highest BCUT2D eigenvalue weighted by Gasteiger charge is 2.35. The molecule has 0 radical (unpaired) electrons. The van der Waals surface area contributed by atoms with Crippen LogP contribution in [-0.2, 0) is 14.3 Å². The van der Waals surface area contributed by atoms with Crippen molar-refractivity contribution in [1.82, 2.24) is 9.91 Å². The third kappa shape index (κ3) is 5.42. The standard InChI is InChI=1S/C25H27ClFN3O3/c1-2-33-25(32)18-11-13-29(14-12-18)16-24(31)30-23(17-7-9-19(26)10-8-17)15-22(28-30)20-5-3-4-6-21(20)27/h3-10,18,23H,2,11-16H2,1H3.